The molecule has 3 N–H and O–H groups in total. The van der Waals surface area contributed by atoms with Gasteiger partial charge in [0.1, 0.15) is 11.6 Å². The predicted molar refractivity (Wildman–Crippen MR) is 78.7 cm³/mol. The summed E-state index contributed by atoms with van der Waals surface area (Å²) in [6.45, 7) is 7.99. The molecule has 0 atom stereocenters. The van der Waals surface area contributed by atoms with Gasteiger partial charge < -0.3 is 5.43 Å². The molecule has 0 spiro atoms. The molecule has 0 radical (unpaired) electrons. The summed E-state index contributed by atoms with van der Waals surface area (Å²) in [5, 5.41) is 0. The lowest BCUT2D eigenvalue weighted by molar-refractivity contribution is 0.568. The first-order valence-electron chi connectivity index (χ1n) is 6.43. The Bertz CT molecular complexity index is 612. The molecule has 0 saturated carbocycles. The molecule has 0 amide bonds. The van der Waals surface area contributed by atoms with Crippen LogP contribution in [0, 0.1) is 12.7 Å². The maximum atomic E-state index is 13.5. The van der Waals surface area contributed by atoms with Gasteiger partial charge >= 0.3 is 0 Å². The number of nitrogens with two attached hydrogens (primary N) is 1. The smallest absolute Gasteiger partial charge is 0.161 e. The number of anilines is 1. The molecule has 0 saturated heterocycles. The van der Waals surface area contributed by atoms with Gasteiger partial charge in [-0.2, -0.15) is 0 Å². The van der Waals surface area contributed by atoms with Gasteiger partial charge in [-0.3, -0.25) is 0 Å². The summed E-state index contributed by atoms with van der Waals surface area (Å²) >= 11 is 0. The summed E-state index contributed by atoms with van der Waals surface area (Å²) in [6, 6.07) is 6.55. The monoisotopic (exact) mass is 274 g/mol. The van der Waals surface area contributed by atoms with Gasteiger partial charge in [0.05, 0.1) is 5.69 Å². The zero-order chi connectivity index (χ0) is 14.9. The van der Waals surface area contributed by atoms with Crippen molar-refractivity contribution < 1.29 is 4.39 Å². The van der Waals surface area contributed by atoms with Gasteiger partial charge in [-0.1, -0.05) is 20.8 Å². The van der Waals surface area contributed by atoms with E-state index in [-0.39, 0.29) is 11.2 Å². The highest BCUT2D eigenvalue weighted by Crippen LogP contribution is 2.26. The largest absolute Gasteiger partial charge is 0.308 e. The molecule has 106 valence electrons. The topological polar surface area (TPSA) is 63.8 Å². The highest BCUT2D eigenvalue weighted by Gasteiger charge is 2.18. The molecule has 0 aliphatic carbocycles. The Morgan fingerprint density at radius 2 is 1.80 bits per heavy atom. The molecule has 4 nitrogen and oxygen atoms in total. The first-order chi connectivity index (χ1) is 9.29. The van der Waals surface area contributed by atoms with E-state index in [1.165, 1.54) is 12.1 Å². The lowest BCUT2D eigenvalue weighted by Crippen LogP contribution is -2.17. The van der Waals surface area contributed by atoms with Crippen molar-refractivity contribution in [1.29, 1.82) is 0 Å². The number of hydrogen-bond acceptors (Lipinski definition) is 4. The summed E-state index contributed by atoms with van der Waals surface area (Å²) in [5.41, 5.74) is 4.70. The molecule has 0 aliphatic rings. The number of rotatable bonds is 2. The third kappa shape index (κ3) is 3.11. The maximum Gasteiger partial charge on any atom is 0.161 e. The van der Waals surface area contributed by atoms with Gasteiger partial charge in [0.15, 0.2) is 5.82 Å². The maximum absolute atomic E-state index is 13.5. The standard InChI is InChI=1S/C15H19FN4/c1-9-5-10(7-11(16)6-9)14-18-12(15(2,3)4)8-13(19-14)20-17/h5-8H,17H2,1-4H3,(H,18,19,20). The SMILES string of the molecule is Cc1cc(F)cc(-c2nc(NN)cc(C(C)(C)C)n2)c1. The Hall–Kier alpha value is -2.01. The summed E-state index contributed by atoms with van der Waals surface area (Å²) in [7, 11) is 0. The number of hydrogen-bond donors (Lipinski definition) is 2. The van der Waals surface area contributed by atoms with Crippen LogP contribution >= 0.6 is 0 Å². The molecule has 5 heteroatoms. The van der Waals surface area contributed by atoms with Crippen molar-refractivity contribution in [1.82, 2.24) is 9.97 Å². The molecule has 1 heterocycles. The van der Waals surface area contributed by atoms with Gasteiger partial charge in [0.25, 0.3) is 0 Å². The Labute approximate surface area is 118 Å². The number of hydrazine groups is 1. The number of benzene rings is 1. The first-order valence-corrected chi connectivity index (χ1v) is 6.43. The van der Waals surface area contributed by atoms with E-state index < -0.39 is 0 Å². The second kappa shape index (κ2) is 5.17. The lowest BCUT2D eigenvalue weighted by Gasteiger charge is -2.19. The zero-order valence-corrected chi connectivity index (χ0v) is 12.2. The number of aryl methyl sites for hydroxylation is 1. The van der Waals surface area contributed by atoms with Gasteiger partial charge in [-0.15, -0.1) is 0 Å². The lowest BCUT2D eigenvalue weighted by atomic mass is 9.92. The van der Waals surface area contributed by atoms with Crippen molar-refractivity contribution in [2.24, 2.45) is 5.84 Å². The van der Waals surface area contributed by atoms with Gasteiger partial charge in [-0.25, -0.2) is 20.2 Å². The molecule has 0 fully saturated rings. The number of nitrogen functional groups attached to an aromatic ring is 1. The average Bonchev–Trinajstić information content (AvgIpc) is 2.36. The van der Waals surface area contributed by atoms with E-state index in [2.05, 4.69) is 36.2 Å². The fourth-order valence-electron chi connectivity index (χ4n) is 1.90. The van der Waals surface area contributed by atoms with Gasteiger partial charge in [-0.05, 0) is 30.7 Å². The summed E-state index contributed by atoms with van der Waals surface area (Å²) in [4.78, 5) is 8.84. The van der Waals surface area contributed by atoms with Crippen molar-refractivity contribution >= 4 is 5.82 Å². The molecule has 0 unspecified atom stereocenters. The third-order valence-electron chi connectivity index (χ3n) is 2.94. The van der Waals surface area contributed by atoms with Crippen LogP contribution in [-0.2, 0) is 5.41 Å². The van der Waals surface area contributed by atoms with Crippen LogP contribution in [0.1, 0.15) is 32.0 Å². The van der Waals surface area contributed by atoms with Crippen molar-refractivity contribution in [2.75, 3.05) is 5.43 Å². The van der Waals surface area contributed by atoms with Crippen LogP contribution in [0.4, 0.5) is 10.2 Å². The van der Waals surface area contributed by atoms with Crippen LogP contribution in [0.15, 0.2) is 24.3 Å². The molecular formula is C15H19FN4. The zero-order valence-electron chi connectivity index (χ0n) is 12.2. The van der Waals surface area contributed by atoms with Crippen molar-refractivity contribution in [2.45, 2.75) is 33.1 Å². The van der Waals surface area contributed by atoms with Gasteiger partial charge in [0.2, 0.25) is 0 Å². The van der Waals surface area contributed by atoms with Crippen LogP contribution < -0.4 is 11.3 Å². The quantitative estimate of drug-likeness (QED) is 0.652. The number of nitrogens with zero attached hydrogens (tertiary/aromatic N) is 2. The van der Waals surface area contributed by atoms with Crippen molar-refractivity contribution in [3.63, 3.8) is 0 Å². The second-order valence-corrected chi connectivity index (χ2v) is 5.87. The third-order valence-corrected chi connectivity index (χ3v) is 2.94. The minimum Gasteiger partial charge on any atom is -0.308 e. The van der Waals surface area contributed by atoms with E-state index >= 15 is 0 Å². The predicted octanol–water partition coefficient (Wildman–Crippen LogP) is 3.17. The van der Waals surface area contributed by atoms with Crippen LogP contribution in [0.25, 0.3) is 11.4 Å². The average molecular weight is 274 g/mol. The van der Waals surface area contributed by atoms with E-state index in [9.17, 15) is 4.39 Å². The molecule has 0 bridgehead atoms. The number of halogens is 1. The molecule has 1 aromatic heterocycles. The van der Waals surface area contributed by atoms with E-state index in [1.54, 1.807) is 6.07 Å². The van der Waals surface area contributed by atoms with Gasteiger partial charge in [0, 0.05) is 17.0 Å². The second-order valence-electron chi connectivity index (χ2n) is 5.87. The molecule has 20 heavy (non-hydrogen) atoms. The molecular weight excluding hydrogens is 255 g/mol. The fourth-order valence-corrected chi connectivity index (χ4v) is 1.90. The highest BCUT2D eigenvalue weighted by atomic mass is 19.1. The Morgan fingerprint density at radius 3 is 2.35 bits per heavy atom. The van der Waals surface area contributed by atoms with E-state index in [1.807, 2.05) is 13.0 Å². The number of aromatic nitrogens is 2. The Kier molecular flexibility index (Phi) is 3.72. The van der Waals surface area contributed by atoms with E-state index in [0.717, 1.165) is 11.3 Å². The van der Waals surface area contributed by atoms with Crippen molar-refractivity contribution in [3.8, 4) is 11.4 Å². The molecule has 2 aromatic rings. The van der Waals surface area contributed by atoms with Crippen LogP contribution in [-0.4, -0.2) is 9.97 Å². The highest BCUT2D eigenvalue weighted by molar-refractivity contribution is 5.59. The number of nitrogens with one attached hydrogen (secondary N) is 1. The molecule has 0 aliphatic heterocycles. The normalized spacial score (nSPS) is 11.5. The van der Waals surface area contributed by atoms with E-state index in [4.69, 9.17) is 5.84 Å². The summed E-state index contributed by atoms with van der Waals surface area (Å²) in [5.74, 6) is 6.14. The minimum absolute atomic E-state index is 0.147. The van der Waals surface area contributed by atoms with Crippen LogP contribution in [0.3, 0.4) is 0 Å². The van der Waals surface area contributed by atoms with Crippen molar-refractivity contribution in [3.05, 3.63) is 41.3 Å². The fraction of sp³-hybridized carbons (Fsp3) is 0.333. The minimum atomic E-state index is -0.299. The first kappa shape index (κ1) is 14.4. The Morgan fingerprint density at radius 1 is 1.10 bits per heavy atom. The Balaban J connectivity index is 2.61. The molecule has 2 rings (SSSR count). The van der Waals surface area contributed by atoms with Crippen LogP contribution in [0.5, 0.6) is 0 Å². The van der Waals surface area contributed by atoms with Crippen LogP contribution in [0.2, 0.25) is 0 Å². The summed E-state index contributed by atoms with van der Waals surface area (Å²) in [6.07, 6.45) is 0. The molecule has 1 aromatic carbocycles. The van der Waals surface area contributed by atoms with E-state index in [0.29, 0.717) is 17.2 Å². The summed E-state index contributed by atoms with van der Waals surface area (Å²) < 4.78 is 13.5.